The summed E-state index contributed by atoms with van der Waals surface area (Å²) in [5.74, 6) is -6.39. The zero-order valence-electron chi connectivity index (χ0n) is 19.3. The van der Waals surface area contributed by atoms with Crippen molar-refractivity contribution >= 4 is 11.6 Å². The van der Waals surface area contributed by atoms with E-state index >= 15 is 0 Å². The summed E-state index contributed by atoms with van der Waals surface area (Å²) in [5.41, 5.74) is -2.38. The van der Waals surface area contributed by atoms with Gasteiger partial charge in [-0.2, -0.15) is 0 Å². The summed E-state index contributed by atoms with van der Waals surface area (Å²) >= 11 is 0. The first-order chi connectivity index (χ1) is 16.9. The van der Waals surface area contributed by atoms with E-state index < -0.39 is 54.0 Å². The topological polar surface area (TPSA) is 84.3 Å². The highest BCUT2D eigenvalue weighted by molar-refractivity contribution is 6.06. The van der Waals surface area contributed by atoms with Gasteiger partial charge in [0.25, 0.3) is 11.8 Å². The van der Waals surface area contributed by atoms with Crippen LogP contribution in [0.25, 0.3) is 11.1 Å². The number of pyridine rings is 2. The van der Waals surface area contributed by atoms with Gasteiger partial charge >= 0.3 is 0 Å². The molecule has 0 bridgehead atoms. The van der Waals surface area contributed by atoms with Crippen LogP contribution in [-0.4, -0.2) is 33.5 Å². The molecule has 190 valence electrons. The first kappa shape index (κ1) is 25.6. The lowest BCUT2D eigenvalue weighted by molar-refractivity contribution is -0.146. The van der Waals surface area contributed by atoms with E-state index in [4.69, 9.17) is 4.74 Å². The predicted octanol–water partition coefficient (Wildman–Crippen LogP) is 5.53. The molecule has 0 saturated carbocycles. The number of aromatic nitrogens is 2. The lowest BCUT2D eigenvalue weighted by Crippen LogP contribution is -2.31. The average Bonchev–Trinajstić information content (AvgIpc) is 2.80. The van der Waals surface area contributed by atoms with Gasteiger partial charge in [-0.1, -0.05) is 0 Å². The van der Waals surface area contributed by atoms with E-state index in [1.807, 2.05) is 0 Å². The molecule has 1 atom stereocenters. The first-order valence-electron chi connectivity index (χ1n) is 11.0. The summed E-state index contributed by atoms with van der Waals surface area (Å²) in [6.07, 6.45) is 0.693. The number of nitrogens with one attached hydrogen (secondary N) is 1. The molecule has 1 unspecified atom stereocenters. The number of ether oxygens (including phenoxy) is 1. The van der Waals surface area contributed by atoms with Crippen molar-refractivity contribution in [3.8, 4) is 11.1 Å². The van der Waals surface area contributed by atoms with E-state index in [-0.39, 0.29) is 40.2 Å². The number of amides is 1. The molecule has 36 heavy (non-hydrogen) atoms. The molecule has 1 aliphatic rings. The second-order valence-electron chi connectivity index (χ2n) is 9.00. The first-order valence-corrected chi connectivity index (χ1v) is 11.0. The third-order valence-corrected chi connectivity index (χ3v) is 5.69. The van der Waals surface area contributed by atoms with Gasteiger partial charge < -0.3 is 15.2 Å². The maximum Gasteiger partial charge on any atom is 0.271 e. The van der Waals surface area contributed by atoms with Crippen LogP contribution in [0.3, 0.4) is 0 Å². The van der Waals surface area contributed by atoms with Crippen molar-refractivity contribution in [2.45, 2.75) is 44.3 Å². The molecule has 3 heterocycles. The Bertz CT molecular complexity index is 1300. The molecule has 0 spiro atoms. The number of nitrogens with zero attached hydrogens (tertiary/aromatic N) is 2. The van der Waals surface area contributed by atoms with Crippen LogP contribution in [0, 0.1) is 17.5 Å². The van der Waals surface area contributed by atoms with Gasteiger partial charge in [-0.25, -0.2) is 22.0 Å². The molecule has 0 radical (unpaired) electrons. The second-order valence-corrected chi connectivity index (χ2v) is 9.00. The van der Waals surface area contributed by atoms with Crippen molar-refractivity contribution in [1.82, 2.24) is 9.97 Å². The summed E-state index contributed by atoms with van der Waals surface area (Å²) in [5, 5.41) is 12.5. The molecule has 6 nitrogen and oxygen atoms in total. The Morgan fingerprint density at radius 2 is 1.86 bits per heavy atom. The minimum Gasteiger partial charge on any atom is -0.384 e. The number of benzene rings is 1. The molecule has 3 aromatic rings. The predicted molar refractivity (Wildman–Crippen MR) is 120 cm³/mol. The van der Waals surface area contributed by atoms with Crippen LogP contribution in [0.4, 0.5) is 27.6 Å². The third kappa shape index (κ3) is 5.36. The quantitative estimate of drug-likeness (QED) is 0.444. The Morgan fingerprint density at radius 3 is 2.50 bits per heavy atom. The molecule has 2 aromatic heterocycles. The van der Waals surface area contributed by atoms with Gasteiger partial charge in [0.05, 0.1) is 16.9 Å². The fraction of sp³-hybridized carbons (Fsp3) is 0.320. The monoisotopic (exact) mass is 507 g/mol. The van der Waals surface area contributed by atoms with Crippen LogP contribution in [0.5, 0.6) is 0 Å². The second kappa shape index (κ2) is 9.55. The summed E-state index contributed by atoms with van der Waals surface area (Å²) < 4.78 is 75.8. The summed E-state index contributed by atoms with van der Waals surface area (Å²) in [6, 6.07) is 4.93. The highest BCUT2D eigenvalue weighted by atomic mass is 19.3. The Morgan fingerprint density at radius 1 is 1.11 bits per heavy atom. The van der Waals surface area contributed by atoms with Gasteiger partial charge in [0, 0.05) is 29.9 Å². The number of carbonyl (C=O) groups excluding carboxylic acids is 1. The molecule has 1 aliphatic heterocycles. The van der Waals surface area contributed by atoms with Gasteiger partial charge in [-0.05, 0) is 50.6 Å². The Balaban J connectivity index is 1.78. The number of anilines is 1. The summed E-state index contributed by atoms with van der Waals surface area (Å²) in [7, 11) is 0. The average molecular weight is 507 g/mol. The third-order valence-electron chi connectivity index (χ3n) is 5.69. The molecule has 1 aromatic carbocycles. The van der Waals surface area contributed by atoms with Crippen molar-refractivity contribution in [3.63, 3.8) is 0 Å². The lowest BCUT2D eigenvalue weighted by atomic mass is 9.97. The molecule has 1 saturated heterocycles. The number of alkyl halides is 2. The number of halogens is 5. The van der Waals surface area contributed by atoms with Crippen molar-refractivity contribution < 1.29 is 36.6 Å². The van der Waals surface area contributed by atoms with Crippen LogP contribution in [-0.2, 0) is 10.3 Å². The smallest absolute Gasteiger partial charge is 0.271 e. The maximum absolute atomic E-state index is 14.7. The zero-order valence-corrected chi connectivity index (χ0v) is 19.3. The molecule has 4 rings (SSSR count). The van der Waals surface area contributed by atoms with Gasteiger partial charge in [0.2, 0.25) is 0 Å². The Labute approximate surface area is 203 Å². The van der Waals surface area contributed by atoms with Crippen LogP contribution in [0.1, 0.15) is 54.5 Å². The normalized spacial score (nSPS) is 17.6. The molecule has 2 N–H and O–H groups in total. The van der Waals surface area contributed by atoms with Crippen molar-refractivity contribution in [2.75, 3.05) is 11.9 Å². The number of hydrogen-bond acceptors (Lipinski definition) is 5. The van der Waals surface area contributed by atoms with E-state index in [1.165, 1.54) is 26.1 Å². The highest BCUT2D eigenvalue weighted by Gasteiger charge is 2.38. The van der Waals surface area contributed by atoms with Crippen molar-refractivity contribution in [1.29, 1.82) is 0 Å². The SMILES string of the molecule is CC(C)(O)c1ncc(C(=O)Nc2c(-c3cc(F)ccc3F)ccnc2C2CCC(F)(F)CO2)cc1F. The summed E-state index contributed by atoms with van der Waals surface area (Å²) in [4.78, 5) is 21.1. The standard InChI is InChI=1S/C25H22F5N3O3/c1-24(2,35)22-18(28)9-13(11-32-22)23(34)33-20-15(16-10-14(26)3-4-17(16)27)6-8-31-21(20)19-5-7-25(29,30)12-36-19/h3-4,6,8-11,19,35H,5,7,12H2,1-2H3,(H,33,34). The van der Waals surface area contributed by atoms with E-state index in [0.717, 1.165) is 30.5 Å². The van der Waals surface area contributed by atoms with E-state index in [9.17, 15) is 31.9 Å². The van der Waals surface area contributed by atoms with Crippen molar-refractivity contribution in [3.05, 3.63) is 77.1 Å². The minimum absolute atomic E-state index is 0.0211. The van der Waals surface area contributed by atoms with Crippen LogP contribution in [0.2, 0.25) is 0 Å². The lowest BCUT2D eigenvalue weighted by Gasteiger charge is -2.30. The zero-order chi connectivity index (χ0) is 26.3. The number of rotatable bonds is 5. The van der Waals surface area contributed by atoms with Crippen molar-refractivity contribution in [2.24, 2.45) is 0 Å². The Kier molecular flexibility index (Phi) is 6.80. The molecule has 0 aliphatic carbocycles. The van der Waals surface area contributed by atoms with Crippen LogP contribution >= 0.6 is 0 Å². The van der Waals surface area contributed by atoms with Gasteiger partial charge in [0.1, 0.15) is 41.5 Å². The fourth-order valence-corrected chi connectivity index (χ4v) is 3.92. The van der Waals surface area contributed by atoms with Gasteiger partial charge in [-0.15, -0.1) is 0 Å². The van der Waals surface area contributed by atoms with E-state index in [0.29, 0.717) is 0 Å². The molecule has 1 amide bonds. The summed E-state index contributed by atoms with van der Waals surface area (Å²) in [6.45, 7) is 1.78. The number of aliphatic hydroxyl groups is 1. The van der Waals surface area contributed by atoms with E-state index in [1.54, 1.807) is 0 Å². The number of hydrogen-bond donors (Lipinski definition) is 2. The maximum atomic E-state index is 14.7. The Hall–Kier alpha value is -3.44. The fourth-order valence-electron chi connectivity index (χ4n) is 3.92. The molecule has 11 heteroatoms. The van der Waals surface area contributed by atoms with Crippen LogP contribution < -0.4 is 5.32 Å². The molecular formula is C25H22F5N3O3. The van der Waals surface area contributed by atoms with Gasteiger partial charge in [0.15, 0.2) is 0 Å². The highest BCUT2D eigenvalue weighted by Crippen LogP contribution is 2.41. The molecular weight excluding hydrogens is 485 g/mol. The van der Waals surface area contributed by atoms with Gasteiger partial charge in [-0.3, -0.25) is 14.8 Å². The van der Waals surface area contributed by atoms with Crippen LogP contribution in [0.15, 0.2) is 42.7 Å². The minimum atomic E-state index is -3.03. The largest absolute Gasteiger partial charge is 0.384 e. The number of carbonyl (C=O) groups is 1. The molecule has 1 fully saturated rings. The van der Waals surface area contributed by atoms with E-state index in [2.05, 4.69) is 15.3 Å².